The van der Waals surface area contributed by atoms with Crippen molar-refractivity contribution in [3.05, 3.63) is 40.7 Å². The molecule has 2 N–H and O–H groups in total. The molecule has 0 unspecified atom stereocenters. The molecule has 0 aliphatic carbocycles. The Labute approximate surface area is 82.0 Å². The highest BCUT2D eigenvalue weighted by Gasteiger charge is 2.05. The second-order valence-electron chi connectivity index (χ2n) is 2.71. The van der Waals surface area contributed by atoms with Gasteiger partial charge in [0.05, 0.1) is 0 Å². The third kappa shape index (κ3) is 2.29. The van der Waals surface area contributed by atoms with Gasteiger partial charge < -0.3 is 5.73 Å². The van der Waals surface area contributed by atoms with Crippen LogP contribution < -0.4 is 5.73 Å². The van der Waals surface area contributed by atoms with Crippen LogP contribution >= 0.6 is 11.6 Å². The molecule has 1 aromatic rings. The predicted octanol–water partition coefficient (Wildman–Crippen LogP) is 3.00. The van der Waals surface area contributed by atoms with Crippen LogP contribution in [-0.4, -0.2) is 6.54 Å². The van der Waals surface area contributed by atoms with Crippen molar-refractivity contribution >= 4 is 17.2 Å². The highest BCUT2D eigenvalue weighted by molar-refractivity contribution is 6.32. The van der Waals surface area contributed by atoms with Crippen LogP contribution in [-0.2, 0) is 0 Å². The Bertz CT molecular complexity index is 333. The molecule has 0 atom stereocenters. The van der Waals surface area contributed by atoms with Gasteiger partial charge in [0.15, 0.2) is 0 Å². The minimum absolute atomic E-state index is 0.0863. The predicted molar refractivity (Wildman–Crippen MR) is 54.2 cm³/mol. The molecule has 0 saturated heterocycles. The molecule has 0 aliphatic rings. The lowest BCUT2D eigenvalue weighted by atomic mass is 10.1. The molecule has 0 bridgehead atoms. The van der Waals surface area contributed by atoms with E-state index in [4.69, 9.17) is 17.3 Å². The summed E-state index contributed by atoms with van der Waals surface area (Å²) in [6.45, 7) is 1.58. The lowest BCUT2D eigenvalue weighted by Gasteiger charge is -2.04. The standard InChI is InChI=1S/C10H11ClFN/c1-7(10(12)6-13)8-4-2-3-5-9(8)11/h2-5H,6,13H2,1H3/b10-7+. The van der Waals surface area contributed by atoms with Gasteiger partial charge in [0.1, 0.15) is 5.83 Å². The van der Waals surface area contributed by atoms with Gasteiger partial charge in [0.2, 0.25) is 0 Å². The van der Waals surface area contributed by atoms with Crippen LogP contribution in [0.4, 0.5) is 4.39 Å². The normalized spacial score (nSPS) is 12.6. The SMILES string of the molecule is C/C(=C(\F)CN)c1ccccc1Cl. The summed E-state index contributed by atoms with van der Waals surface area (Å²) in [6.07, 6.45) is 0. The Morgan fingerprint density at radius 2 is 2.08 bits per heavy atom. The summed E-state index contributed by atoms with van der Waals surface area (Å²) >= 11 is 5.88. The molecule has 0 amide bonds. The van der Waals surface area contributed by atoms with Crippen LogP contribution in [0.2, 0.25) is 5.02 Å². The van der Waals surface area contributed by atoms with E-state index in [1.54, 1.807) is 25.1 Å². The number of nitrogens with two attached hydrogens (primary N) is 1. The van der Waals surface area contributed by atoms with Crippen molar-refractivity contribution < 1.29 is 4.39 Å². The average Bonchev–Trinajstić information content (AvgIpc) is 2.16. The maximum atomic E-state index is 13.1. The van der Waals surface area contributed by atoms with Gasteiger partial charge in [-0.05, 0) is 24.1 Å². The quantitative estimate of drug-likeness (QED) is 0.779. The first-order valence-electron chi connectivity index (χ1n) is 3.97. The maximum absolute atomic E-state index is 13.1. The topological polar surface area (TPSA) is 26.0 Å². The summed E-state index contributed by atoms with van der Waals surface area (Å²) in [5.41, 5.74) is 6.39. The summed E-state index contributed by atoms with van der Waals surface area (Å²) in [7, 11) is 0. The molecule has 13 heavy (non-hydrogen) atoms. The fourth-order valence-electron chi connectivity index (χ4n) is 1.06. The molecule has 0 radical (unpaired) electrons. The van der Waals surface area contributed by atoms with Gasteiger partial charge in [0.25, 0.3) is 0 Å². The van der Waals surface area contributed by atoms with Gasteiger partial charge in [-0.25, -0.2) is 4.39 Å². The van der Waals surface area contributed by atoms with E-state index >= 15 is 0 Å². The Balaban J connectivity index is 3.16. The maximum Gasteiger partial charge on any atom is 0.117 e. The molecular formula is C10H11ClFN. The lowest BCUT2D eigenvalue weighted by Crippen LogP contribution is -2.01. The van der Waals surface area contributed by atoms with Crippen molar-refractivity contribution in [3.63, 3.8) is 0 Å². The lowest BCUT2D eigenvalue weighted by molar-refractivity contribution is 0.621. The number of benzene rings is 1. The number of hydrogen-bond acceptors (Lipinski definition) is 1. The van der Waals surface area contributed by atoms with E-state index in [2.05, 4.69) is 0 Å². The third-order valence-corrected chi connectivity index (χ3v) is 2.19. The first kappa shape index (κ1) is 10.2. The molecular weight excluding hydrogens is 189 g/mol. The summed E-state index contributed by atoms with van der Waals surface area (Å²) in [4.78, 5) is 0. The Morgan fingerprint density at radius 1 is 1.46 bits per heavy atom. The molecule has 3 heteroatoms. The molecule has 0 saturated carbocycles. The second-order valence-corrected chi connectivity index (χ2v) is 3.12. The van der Waals surface area contributed by atoms with Crippen molar-refractivity contribution in [2.75, 3.05) is 6.54 Å². The van der Waals surface area contributed by atoms with Crippen LogP contribution in [0.1, 0.15) is 12.5 Å². The number of hydrogen-bond donors (Lipinski definition) is 1. The van der Waals surface area contributed by atoms with Crippen LogP contribution in [0.5, 0.6) is 0 Å². The van der Waals surface area contributed by atoms with Crippen LogP contribution in [0.3, 0.4) is 0 Å². The Hall–Kier alpha value is -0.860. The molecule has 1 rings (SSSR count). The smallest absolute Gasteiger partial charge is 0.117 e. The van der Waals surface area contributed by atoms with Gasteiger partial charge in [-0.2, -0.15) is 0 Å². The van der Waals surface area contributed by atoms with Crippen molar-refractivity contribution in [3.8, 4) is 0 Å². The highest BCUT2D eigenvalue weighted by Crippen LogP contribution is 2.25. The van der Waals surface area contributed by atoms with E-state index in [9.17, 15) is 4.39 Å². The molecule has 0 fully saturated rings. The van der Waals surface area contributed by atoms with Crippen molar-refractivity contribution in [2.45, 2.75) is 6.92 Å². The molecule has 0 aromatic heterocycles. The largest absolute Gasteiger partial charge is 0.325 e. The molecule has 1 nitrogen and oxygen atoms in total. The number of allylic oxidation sites excluding steroid dienone is 1. The summed E-state index contributed by atoms with van der Waals surface area (Å²) in [5.74, 6) is -0.326. The van der Waals surface area contributed by atoms with E-state index in [0.29, 0.717) is 16.2 Å². The third-order valence-electron chi connectivity index (χ3n) is 1.86. The molecule has 0 heterocycles. The van der Waals surface area contributed by atoms with E-state index in [0.717, 1.165) is 0 Å². The molecule has 1 aromatic carbocycles. The van der Waals surface area contributed by atoms with Gasteiger partial charge >= 0.3 is 0 Å². The van der Waals surface area contributed by atoms with E-state index in [1.165, 1.54) is 0 Å². The van der Waals surface area contributed by atoms with Gasteiger partial charge in [-0.15, -0.1) is 0 Å². The second kappa shape index (κ2) is 4.40. The molecule has 0 aliphatic heterocycles. The Morgan fingerprint density at radius 3 is 2.62 bits per heavy atom. The Kier molecular flexibility index (Phi) is 3.46. The monoisotopic (exact) mass is 199 g/mol. The van der Waals surface area contributed by atoms with Crippen molar-refractivity contribution in [1.29, 1.82) is 0 Å². The van der Waals surface area contributed by atoms with Gasteiger partial charge in [-0.3, -0.25) is 0 Å². The minimum Gasteiger partial charge on any atom is -0.325 e. The zero-order valence-corrected chi connectivity index (χ0v) is 8.11. The summed E-state index contributed by atoms with van der Waals surface area (Å²) in [5, 5.41) is 0.545. The van der Waals surface area contributed by atoms with Gasteiger partial charge in [-0.1, -0.05) is 29.8 Å². The van der Waals surface area contributed by atoms with E-state index in [-0.39, 0.29) is 12.4 Å². The zero-order chi connectivity index (χ0) is 9.84. The fraction of sp³-hybridized carbons (Fsp3) is 0.200. The summed E-state index contributed by atoms with van der Waals surface area (Å²) in [6, 6.07) is 7.12. The zero-order valence-electron chi connectivity index (χ0n) is 7.35. The van der Waals surface area contributed by atoms with Crippen LogP contribution in [0.15, 0.2) is 30.1 Å². The van der Waals surface area contributed by atoms with Crippen molar-refractivity contribution in [1.82, 2.24) is 0 Å². The first-order chi connectivity index (χ1) is 6.16. The molecule has 0 spiro atoms. The average molecular weight is 200 g/mol. The van der Waals surface area contributed by atoms with E-state index in [1.807, 2.05) is 6.07 Å². The van der Waals surface area contributed by atoms with Crippen molar-refractivity contribution in [2.24, 2.45) is 5.73 Å². The van der Waals surface area contributed by atoms with Crippen LogP contribution in [0.25, 0.3) is 5.57 Å². The minimum atomic E-state index is -0.326. The molecule has 70 valence electrons. The fourth-order valence-corrected chi connectivity index (χ4v) is 1.34. The number of rotatable bonds is 2. The van der Waals surface area contributed by atoms with E-state index < -0.39 is 0 Å². The first-order valence-corrected chi connectivity index (χ1v) is 4.35. The highest BCUT2D eigenvalue weighted by atomic mass is 35.5. The summed E-state index contributed by atoms with van der Waals surface area (Å²) < 4.78 is 13.1. The van der Waals surface area contributed by atoms with Gasteiger partial charge in [0, 0.05) is 11.6 Å². The number of halogens is 2. The van der Waals surface area contributed by atoms with Crippen LogP contribution in [0, 0.1) is 0 Å².